The van der Waals surface area contributed by atoms with E-state index in [9.17, 15) is 0 Å². The standard InChI is InChI=1S/C21H23N3/c1-4-24(16(2)3)19-15-22-20(17-11-7-5-8-12-17)21(23-19)18-13-9-6-10-14-18/h5-16H,4H2,1-3H3. The Bertz CT molecular complexity index is 783. The third-order valence-corrected chi connectivity index (χ3v) is 4.11. The van der Waals surface area contributed by atoms with Crippen LogP contribution in [0.15, 0.2) is 66.9 Å². The highest BCUT2D eigenvalue weighted by Gasteiger charge is 2.16. The molecular formula is C21H23N3. The van der Waals surface area contributed by atoms with Crippen molar-refractivity contribution in [1.29, 1.82) is 0 Å². The second-order valence-electron chi connectivity index (χ2n) is 6.04. The molecule has 3 nitrogen and oxygen atoms in total. The van der Waals surface area contributed by atoms with E-state index in [1.165, 1.54) is 0 Å². The molecule has 0 aliphatic rings. The Kier molecular flexibility index (Phi) is 4.90. The van der Waals surface area contributed by atoms with Gasteiger partial charge in [-0.3, -0.25) is 4.98 Å². The Morgan fingerprint density at radius 3 is 1.88 bits per heavy atom. The lowest BCUT2D eigenvalue weighted by atomic mass is 10.0. The third-order valence-electron chi connectivity index (χ3n) is 4.11. The van der Waals surface area contributed by atoms with Crippen LogP contribution in [0.2, 0.25) is 0 Å². The minimum atomic E-state index is 0.385. The smallest absolute Gasteiger partial charge is 0.148 e. The van der Waals surface area contributed by atoms with Crippen LogP contribution in [0.25, 0.3) is 22.5 Å². The van der Waals surface area contributed by atoms with Gasteiger partial charge >= 0.3 is 0 Å². The van der Waals surface area contributed by atoms with Crippen LogP contribution in [-0.4, -0.2) is 22.6 Å². The molecule has 0 amide bonds. The first-order chi connectivity index (χ1) is 11.7. The molecule has 0 aliphatic heterocycles. The molecule has 3 rings (SSSR count). The minimum absolute atomic E-state index is 0.385. The van der Waals surface area contributed by atoms with Crippen molar-refractivity contribution in [3.8, 4) is 22.5 Å². The monoisotopic (exact) mass is 317 g/mol. The molecule has 0 N–H and O–H groups in total. The van der Waals surface area contributed by atoms with Crippen molar-refractivity contribution in [3.05, 3.63) is 66.9 Å². The molecule has 24 heavy (non-hydrogen) atoms. The highest BCUT2D eigenvalue weighted by molar-refractivity contribution is 5.78. The minimum Gasteiger partial charge on any atom is -0.353 e. The van der Waals surface area contributed by atoms with Crippen LogP contribution in [0.4, 0.5) is 5.82 Å². The topological polar surface area (TPSA) is 29.0 Å². The van der Waals surface area contributed by atoms with Crippen molar-refractivity contribution in [3.63, 3.8) is 0 Å². The molecule has 0 radical (unpaired) electrons. The first kappa shape index (κ1) is 16.2. The maximum Gasteiger partial charge on any atom is 0.148 e. The second-order valence-corrected chi connectivity index (χ2v) is 6.04. The number of hydrogen-bond acceptors (Lipinski definition) is 3. The molecule has 2 aromatic carbocycles. The summed E-state index contributed by atoms with van der Waals surface area (Å²) in [6.45, 7) is 7.41. The van der Waals surface area contributed by atoms with Crippen molar-refractivity contribution in [2.75, 3.05) is 11.4 Å². The number of rotatable bonds is 5. The molecule has 0 spiro atoms. The van der Waals surface area contributed by atoms with E-state index < -0.39 is 0 Å². The molecule has 0 aliphatic carbocycles. The molecule has 0 fully saturated rings. The highest BCUT2D eigenvalue weighted by atomic mass is 15.2. The number of aromatic nitrogens is 2. The van der Waals surface area contributed by atoms with Crippen LogP contribution >= 0.6 is 0 Å². The van der Waals surface area contributed by atoms with Crippen molar-refractivity contribution >= 4 is 5.82 Å². The zero-order chi connectivity index (χ0) is 16.9. The molecule has 0 saturated carbocycles. The fraction of sp³-hybridized carbons (Fsp3) is 0.238. The van der Waals surface area contributed by atoms with E-state index in [1.54, 1.807) is 0 Å². The predicted octanol–water partition coefficient (Wildman–Crippen LogP) is 5.05. The quantitative estimate of drug-likeness (QED) is 0.659. The third kappa shape index (κ3) is 3.30. The van der Waals surface area contributed by atoms with Gasteiger partial charge < -0.3 is 4.90 Å². The SMILES string of the molecule is CCN(c1cnc(-c2ccccc2)c(-c2ccccc2)n1)C(C)C. The van der Waals surface area contributed by atoms with Crippen LogP contribution in [0.3, 0.4) is 0 Å². The summed E-state index contributed by atoms with van der Waals surface area (Å²) in [4.78, 5) is 12.0. The van der Waals surface area contributed by atoms with Gasteiger partial charge in [0.05, 0.1) is 17.6 Å². The van der Waals surface area contributed by atoms with Gasteiger partial charge in [0.25, 0.3) is 0 Å². The van der Waals surface area contributed by atoms with E-state index in [0.717, 1.165) is 34.9 Å². The summed E-state index contributed by atoms with van der Waals surface area (Å²) in [5.74, 6) is 0.922. The van der Waals surface area contributed by atoms with E-state index in [-0.39, 0.29) is 0 Å². The highest BCUT2D eigenvalue weighted by Crippen LogP contribution is 2.30. The van der Waals surface area contributed by atoms with Gasteiger partial charge in [0, 0.05) is 23.7 Å². The van der Waals surface area contributed by atoms with Crippen LogP contribution in [0, 0.1) is 0 Å². The van der Waals surface area contributed by atoms with Gasteiger partial charge in [-0.2, -0.15) is 0 Å². The van der Waals surface area contributed by atoms with E-state index in [1.807, 2.05) is 42.6 Å². The lowest BCUT2D eigenvalue weighted by Gasteiger charge is -2.26. The summed E-state index contributed by atoms with van der Waals surface area (Å²) in [5.41, 5.74) is 4.03. The van der Waals surface area contributed by atoms with Gasteiger partial charge in [-0.15, -0.1) is 0 Å². The molecule has 0 saturated heterocycles. The molecule has 3 aromatic rings. The van der Waals surface area contributed by atoms with Crippen molar-refractivity contribution in [1.82, 2.24) is 9.97 Å². The Hall–Kier alpha value is -2.68. The Balaban J connectivity index is 2.17. The van der Waals surface area contributed by atoms with Crippen molar-refractivity contribution in [2.45, 2.75) is 26.8 Å². The summed E-state index contributed by atoms with van der Waals surface area (Å²) in [5, 5.41) is 0. The van der Waals surface area contributed by atoms with Gasteiger partial charge in [0.1, 0.15) is 5.82 Å². The number of benzene rings is 2. The van der Waals surface area contributed by atoms with E-state index >= 15 is 0 Å². The van der Waals surface area contributed by atoms with Crippen molar-refractivity contribution < 1.29 is 0 Å². The maximum absolute atomic E-state index is 4.98. The Labute approximate surface area is 144 Å². The molecule has 0 bridgehead atoms. The number of anilines is 1. The molecule has 122 valence electrons. The fourth-order valence-corrected chi connectivity index (χ4v) is 2.91. The molecule has 1 aromatic heterocycles. The van der Waals surface area contributed by atoms with Gasteiger partial charge in [-0.25, -0.2) is 4.98 Å². The Morgan fingerprint density at radius 2 is 1.38 bits per heavy atom. The molecule has 0 unspecified atom stereocenters. The van der Waals surface area contributed by atoms with Crippen LogP contribution in [0.5, 0.6) is 0 Å². The lowest BCUT2D eigenvalue weighted by molar-refractivity contribution is 0.692. The zero-order valence-corrected chi connectivity index (χ0v) is 14.5. The zero-order valence-electron chi connectivity index (χ0n) is 14.5. The van der Waals surface area contributed by atoms with Crippen molar-refractivity contribution in [2.24, 2.45) is 0 Å². The van der Waals surface area contributed by atoms with Gasteiger partial charge in [0.2, 0.25) is 0 Å². The summed E-state index contributed by atoms with van der Waals surface area (Å²) in [6.07, 6.45) is 1.89. The van der Waals surface area contributed by atoms with Gasteiger partial charge in [-0.05, 0) is 20.8 Å². The van der Waals surface area contributed by atoms with E-state index in [0.29, 0.717) is 6.04 Å². The summed E-state index contributed by atoms with van der Waals surface area (Å²) >= 11 is 0. The number of nitrogens with zero attached hydrogens (tertiary/aromatic N) is 3. The van der Waals surface area contributed by atoms with E-state index in [4.69, 9.17) is 9.97 Å². The predicted molar refractivity (Wildman–Crippen MR) is 101 cm³/mol. The number of hydrogen-bond donors (Lipinski definition) is 0. The van der Waals surface area contributed by atoms with Gasteiger partial charge in [0.15, 0.2) is 0 Å². The average molecular weight is 317 g/mol. The van der Waals surface area contributed by atoms with Crippen LogP contribution in [0.1, 0.15) is 20.8 Å². The molecule has 1 heterocycles. The summed E-state index contributed by atoms with van der Waals surface area (Å²) < 4.78 is 0. The largest absolute Gasteiger partial charge is 0.353 e. The maximum atomic E-state index is 4.98. The molecular weight excluding hydrogens is 294 g/mol. The Morgan fingerprint density at radius 1 is 0.833 bits per heavy atom. The van der Waals surface area contributed by atoms with Crippen LogP contribution in [-0.2, 0) is 0 Å². The normalized spacial score (nSPS) is 10.8. The molecule has 3 heteroatoms. The average Bonchev–Trinajstić information content (AvgIpc) is 2.63. The summed E-state index contributed by atoms with van der Waals surface area (Å²) in [7, 11) is 0. The first-order valence-corrected chi connectivity index (χ1v) is 8.45. The first-order valence-electron chi connectivity index (χ1n) is 8.45. The van der Waals surface area contributed by atoms with Crippen LogP contribution < -0.4 is 4.90 Å². The lowest BCUT2D eigenvalue weighted by Crippen LogP contribution is -2.31. The van der Waals surface area contributed by atoms with Gasteiger partial charge in [-0.1, -0.05) is 60.7 Å². The van der Waals surface area contributed by atoms with E-state index in [2.05, 4.69) is 49.9 Å². The second kappa shape index (κ2) is 7.26. The molecule has 0 atom stereocenters. The fourth-order valence-electron chi connectivity index (χ4n) is 2.91. The summed E-state index contributed by atoms with van der Waals surface area (Å²) in [6, 6.07) is 20.9.